The fraction of sp³-hybridized carbons (Fsp3) is 0.533. The van der Waals surface area contributed by atoms with Crippen molar-refractivity contribution in [1.29, 1.82) is 0 Å². The lowest BCUT2D eigenvalue weighted by Crippen LogP contribution is -2.28. The second-order valence-electron chi connectivity index (χ2n) is 5.61. The van der Waals surface area contributed by atoms with Gasteiger partial charge in [0.05, 0.1) is 4.90 Å². The number of benzene rings is 1. The minimum absolute atomic E-state index is 0.0224. The molecule has 6 heteroatoms. The quantitative estimate of drug-likeness (QED) is 0.772. The molecule has 0 radical (unpaired) electrons. The Morgan fingerprint density at radius 1 is 1.19 bits per heavy atom. The smallest absolute Gasteiger partial charge is 0.303 e. The molecule has 5 nitrogen and oxygen atoms in total. The van der Waals surface area contributed by atoms with E-state index in [0.29, 0.717) is 12.3 Å². The van der Waals surface area contributed by atoms with Crippen LogP contribution in [0.3, 0.4) is 0 Å². The highest BCUT2D eigenvalue weighted by molar-refractivity contribution is 7.89. The van der Waals surface area contributed by atoms with Crippen molar-refractivity contribution in [3.63, 3.8) is 0 Å². The van der Waals surface area contributed by atoms with Crippen LogP contribution in [-0.2, 0) is 14.8 Å². The number of sulfonamides is 1. The standard InChI is InChI=1S/C15H23NO4S/c1-11(2)13-5-7-14(8-6-13)21(19,20)16-10-12(3)4-9-15(17)18/h5-8,11-12,16H,4,9-10H2,1-3H3,(H,17,18). The van der Waals surface area contributed by atoms with Crippen LogP contribution in [0.2, 0.25) is 0 Å². The monoisotopic (exact) mass is 313 g/mol. The van der Waals surface area contributed by atoms with E-state index in [0.717, 1.165) is 5.56 Å². The van der Waals surface area contributed by atoms with E-state index < -0.39 is 16.0 Å². The number of hydrogen-bond donors (Lipinski definition) is 2. The first-order valence-electron chi connectivity index (χ1n) is 7.04. The molecule has 0 amide bonds. The third kappa shape index (κ3) is 5.85. The average Bonchev–Trinajstić information content (AvgIpc) is 2.43. The third-order valence-corrected chi connectivity index (χ3v) is 4.77. The van der Waals surface area contributed by atoms with Crippen molar-refractivity contribution in [1.82, 2.24) is 4.72 Å². The van der Waals surface area contributed by atoms with E-state index in [-0.39, 0.29) is 23.8 Å². The van der Waals surface area contributed by atoms with Crippen LogP contribution in [0.25, 0.3) is 0 Å². The lowest BCUT2D eigenvalue weighted by molar-refractivity contribution is -0.137. The normalized spacial score (nSPS) is 13.3. The molecule has 1 aromatic carbocycles. The van der Waals surface area contributed by atoms with Gasteiger partial charge in [0, 0.05) is 13.0 Å². The van der Waals surface area contributed by atoms with E-state index in [9.17, 15) is 13.2 Å². The molecule has 1 rings (SSSR count). The zero-order valence-corrected chi connectivity index (χ0v) is 13.5. The number of carboxylic acid groups (broad SMARTS) is 1. The van der Waals surface area contributed by atoms with Gasteiger partial charge in [-0.2, -0.15) is 0 Å². The van der Waals surface area contributed by atoms with E-state index in [1.165, 1.54) is 0 Å². The molecule has 0 spiro atoms. The fourth-order valence-electron chi connectivity index (χ4n) is 1.84. The molecule has 2 N–H and O–H groups in total. The van der Waals surface area contributed by atoms with Gasteiger partial charge in [-0.15, -0.1) is 0 Å². The Hall–Kier alpha value is -1.40. The number of aliphatic carboxylic acids is 1. The van der Waals surface area contributed by atoms with E-state index >= 15 is 0 Å². The van der Waals surface area contributed by atoms with Gasteiger partial charge in [-0.05, 0) is 36.0 Å². The van der Waals surface area contributed by atoms with E-state index in [2.05, 4.69) is 4.72 Å². The van der Waals surface area contributed by atoms with Gasteiger partial charge in [-0.3, -0.25) is 4.79 Å². The highest BCUT2D eigenvalue weighted by Crippen LogP contribution is 2.17. The van der Waals surface area contributed by atoms with Gasteiger partial charge >= 0.3 is 5.97 Å². The van der Waals surface area contributed by atoms with Gasteiger partial charge in [-0.25, -0.2) is 13.1 Å². The fourth-order valence-corrected chi connectivity index (χ4v) is 3.00. The molecule has 118 valence electrons. The molecule has 1 unspecified atom stereocenters. The van der Waals surface area contributed by atoms with E-state index in [4.69, 9.17) is 5.11 Å². The summed E-state index contributed by atoms with van der Waals surface area (Å²) in [5, 5.41) is 8.60. The Kier molecular flexibility index (Phi) is 6.36. The summed E-state index contributed by atoms with van der Waals surface area (Å²) in [6, 6.07) is 6.82. The van der Waals surface area contributed by atoms with Crippen LogP contribution in [0.15, 0.2) is 29.2 Å². The summed E-state index contributed by atoms with van der Waals surface area (Å²) < 4.78 is 26.8. The minimum Gasteiger partial charge on any atom is -0.481 e. The second kappa shape index (κ2) is 7.56. The Bertz CT molecular complexity index is 564. The molecule has 0 aromatic heterocycles. The number of carbonyl (C=O) groups is 1. The maximum Gasteiger partial charge on any atom is 0.303 e. The summed E-state index contributed by atoms with van der Waals surface area (Å²) >= 11 is 0. The first-order valence-corrected chi connectivity index (χ1v) is 8.52. The summed E-state index contributed by atoms with van der Waals surface area (Å²) in [7, 11) is -3.53. The highest BCUT2D eigenvalue weighted by atomic mass is 32.2. The van der Waals surface area contributed by atoms with Crippen LogP contribution in [0, 0.1) is 5.92 Å². The van der Waals surface area contributed by atoms with Crippen molar-refractivity contribution in [2.24, 2.45) is 5.92 Å². The third-order valence-electron chi connectivity index (χ3n) is 3.33. The molecule has 21 heavy (non-hydrogen) atoms. The first kappa shape index (κ1) is 17.7. The topological polar surface area (TPSA) is 83.5 Å². The van der Waals surface area contributed by atoms with Crippen molar-refractivity contribution < 1.29 is 18.3 Å². The molecule has 0 saturated heterocycles. The number of hydrogen-bond acceptors (Lipinski definition) is 3. The zero-order valence-electron chi connectivity index (χ0n) is 12.7. The molecule has 0 aliphatic carbocycles. The van der Waals surface area contributed by atoms with Crippen LogP contribution in [0.1, 0.15) is 45.1 Å². The van der Waals surface area contributed by atoms with Crippen molar-refractivity contribution in [2.75, 3.05) is 6.54 Å². The predicted octanol–water partition coefficient (Wildman–Crippen LogP) is 2.59. The van der Waals surface area contributed by atoms with Crippen LogP contribution in [0.5, 0.6) is 0 Å². The van der Waals surface area contributed by atoms with Crippen LogP contribution in [-0.4, -0.2) is 26.0 Å². The maximum atomic E-state index is 12.1. The lowest BCUT2D eigenvalue weighted by atomic mass is 10.0. The molecule has 0 aliphatic rings. The molecule has 1 aromatic rings. The largest absolute Gasteiger partial charge is 0.481 e. The van der Waals surface area contributed by atoms with Crippen LogP contribution >= 0.6 is 0 Å². The Labute approximate surface area is 126 Å². The zero-order chi connectivity index (χ0) is 16.0. The Morgan fingerprint density at radius 2 is 1.76 bits per heavy atom. The van der Waals surface area contributed by atoms with Gasteiger partial charge in [0.2, 0.25) is 10.0 Å². The highest BCUT2D eigenvalue weighted by Gasteiger charge is 2.15. The molecular formula is C15H23NO4S. The molecule has 0 bridgehead atoms. The van der Waals surface area contributed by atoms with E-state index in [1.807, 2.05) is 32.9 Å². The Morgan fingerprint density at radius 3 is 2.24 bits per heavy atom. The summed E-state index contributed by atoms with van der Waals surface area (Å²) in [5.74, 6) is -0.537. The van der Waals surface area contributed by atoms with Crippen molar-refractivity contribution in [2.45, 2.75) is 44.4 Å². The molecule has 1 atom stereocenters. The van der Waals surface area contributed by atoms with Crippen molar-refractivity contribution in [3.8, 4) is 0 Å². The Balaban J connectivity index is 2.62. The van der Waals surface area contributed by atoms with E-state index in [1.54, 1.807) is 12.1 Å². The van der Waals surface area contributed by atoms with Gasteiger partial charge in [0.1, 0.15) is 0 Å². The molecule has 0 saturated carbocycles. The summed E-state index contributed by atoms with van der Waals surface area (Å²) in [6.07, 6.45) is 0.496. The molecular weight excluding hydrogens is 290 g/mol. The summed E-state index contributed by atoms with van der Waals surface area (Å²) in [6.45, 7) is 6.16. The summed E-state index contributed by atoms with van der Waals surface area (Å²) in [5.41, 5.74) is 1.09. The second-order valence-corrected chi connectivity index (χ2v) is 7.38. The SMILES string of the molecule is CC(CCC(=O)O)CNS(=O)(=O)c1ccc(C(C)C)cc1. The maximum absolute atomic E-state index is 12.1. The molecule has 0 heterocycles. The van der Waals surface area contributed by atoms with Gasteiger partial charge in [0.15, 0.2) is 0 Å². The van der Waals surface area contributed by atoms with Crippen LogP contribution < -0.4 is 4.72 Å². The van der Waals surface area contributed by atoms with Gasteiger partial charge < -0.3 is 5.11 Å². The number of nitrogens with one attached hydrogen (secondary N) is 1. The molecule has 0 fully saturated rings. The predicted molar refractivity (Wildman–Crippen MR) is 81.8 cm³/mol. The lowest BCUT2D eigenvalue weighted by Gasteiger charge is -2.12. The van der Waals surface area contributed by atoms with Crippen molar-refractivity contribution in [3.05, 3.63) is 29.8 Å². The van der Waals surface area contributed by atoms with Crippen LogP contribution in [0.4, 0.5) is 0 Å². The average molecular weight is 313 g/mol. The minimum atomic E-state index is -3.53. The summed E-state index contributed by atoms with van der Waals surface area (Å²) in [4.78, 5) is 10.7. The van der Waals surface area contributed by atoms with Gasteiger partial charge in [0.25, 0.3) is 0 Å². The number of carboxylic acids is 1. The van der Waals surface area contributed by atoms with Crippen molar-refractivity contribution >= 4 is 16.0 Å². The van der Waals surface area contributed by atoms with Gasteiger partial charge in [-0.1, -0.05) is 32.9 Å². The first-order chi connectivity index (χ1) is 9.72. The molecule has 0 aliphatic heterocycles. The number of rotatable bonds is 8.